The van der Waals surface area contributed by atoms with E-state index in [2.05, 4.69) is 86.6 Å². The van der Waals surface area contributed by atoms with Gasteiger partial charge in [-0.3, -0.25) is 0 Å². The van der Waals surface area contributed by atoms with E-state index in [4.69, 9.17) is 20.0 Å². The maximum atomic E-state index is 5.15. The van der Waals surface area contributed by atoms with Crippen molar-refractivity contribution in [2.24, 2.45) is 20.0 Å². The summed E-state index contributed by atoms with van der Waals surface area (Å²) in [6.07, 6.45) is 0.676. The summed E-state index contributed by atoms with van der Waals surface area (Å²) in [5.74, 6) is 1.14. The summed E-state index contributed by atoms with van der Waals surface area (Å²) in [5, 5.41) is 0. The van der Waals surface area contributed by atoms with Gasteiger partial charge in [-0.2, -0.15) is 0 Å². The van der Waals surface area contributed by atoms with Gasteiger partial charge in [0.25, 0.3) is 0 Å². The highest BCUT2D eigenvalue weighted by atomic mass is 15.1. The number of fused-ring (bicyclic) bond motifs is 7. The van der Waals surface area contributed by atoms with Crippen molar-refractivity contribution in [3.8, 4) is 11.1 Å². The Hall–Kier alpha value is -4.70. The smallest absolute Gasteiger partial charge is 0.198 e. The van der Waals surface area contributed by atoms with E-state index in [1.807, 2.05) is 36.4 Å². The third-order valence-electron chi connectivity index (χ3n) is 7.49. The van der Waals surface area contributed by atoms with Crippen molar-refractivity contribution < 1.29 is 0 Å². The predicted octanol–water partition coefficient (Wildman–Crippen LogP) is 7.20. The number of hydrogen-bond acceptors (Lipinski definition) is 4. The summed E-state index contributed by atoms with van der Waals surface area (Å²) in [6, 6.07) is 38.1. The molecular weight excluding hydrogens is 464 g/mol. The van der Waals surface area contributed by atoms with Gasteiger partial charge >= 0.3 is 0 Å². The van der Waals surface area contributed by atoms with Gasteiger partial charge in [0.05, 0.1) is 22.8 Å². The van der Waals surface area contributed by atoms with Crippen LogP contribution in [0.4, 0.5) is 0 Å². The summed E-state index contributed by atoms with van der Waals surface area (Å²) in [4.78, 5) is 20.3. The molecule has 3 aliphatic rings. The maximum Gasteiger partial charge on any atom is 0.198 e. The lowest BCUT2D eigenvalue weighted by molar-refractivity contribution is 0.725. The third-order valence-corrected chi connectivity index (χ3v) is 7.49. The molecule has 4 heteroatoms. The van der Waals surface area contributed by atoms with Crippen LogP contribution in [0.2, 0.25) is 0 Å². The van der Waals surface area contributed by atoms with Gasteiger partial charge in [-0.05, 0) is 22.3 Å². The minimum atomic E-state index is -0.397. The Morgan fingerprint density at radius 2 is 1.11 bits per heavy atom. The monoisotopic (exact) mass is 490 g/mol. The van der Waals surface area contributed by atoms with Gasteiger partial charge in [-0.25, -0.2) is 20.0 Å². The molecule has 0 spiro atoms. The summed E-state index contributed by atoms with van der Waals surface area (Å²) >= 11 is 0. The largest absolute Gasteiger partial charge is 0.228 e. The molecule has 182 valence electrons. The Kier molecular flexibility index (Phi) is 5.15. The van der Waals surface area contributed by atoms with Crippen molar-refractivity contribution >= 4 is 22.8 Å². The van der Waals surface area contributed by atoms with Crippen molar-refractivity contribution in [1.82, 2.24) is 0 Å². The van der Waals surface area contributed by atoms with Crippen molar-refractivity contribution in [2.75, 3.05) is 0 Å². The fraction of sp³-hybridized carbons (Fsp3) is 0.118. The van der Waals surface area contributed by atoms with Gasteiger partial charge in [-0.15, -0.1) is 0 Å². The molecule has 0 N–H and O–H groups in total. The van der Waals surface area contributed by atoms with E-state index in [0.29, 0.717) is 18.1 Å². The first-order valence-electron chi connectivity index (χ1n) is 13.0. The van der Waals surface area contributed by atoms with E-state index < -0.39 is 5.41 Å². The van der Waals surface area contributed by atoms with E-state index in [-0.39, 0.29) is 0 Å². The van der Waals surface area contributed by atoms with Crippen LogP contribution in [-0.4, -0.2) is 22.8 Å². The van der Waals surface area contributed by atoms with E-state index in [0.717, 1.165) is 34.0 Å². The van der Waals surface area contributed by atoms with Crippen LogP contribution in [0.15, 0.2) is 141 Å². The van der Waals surface area contributed by atoms with E-state index in [1.54, 1.807) is 0 Å². The molecular formula is C34H26N4. The molecule has 7 rings (SSSR count). The number of hydrogen-bond donors (Lipinski definition) is 0. The Morgan fingerprint density at radius 1 is 0.526 bits per heavy atom. The summed E-state index contributed by atoms with van der Waals surface area (Å²) < 4.78 is 0. The Balaban J connectivity index is 1.51. The Labute approximate surface area is 222 Å². The molecule has 0 amide bonds. The second kappa shape index (κ2) is 8.70. The molecule has 0 radical (unpaired) electrons. The van der Waals surface area contributed by atoms with Gasteiger partial charge in [-0.1, -0.05) is 123 Å². The normalized spacial score (nSPS) is 19.2. The van der Waals surface area contributed by atoms with E-state index in [1.165, 1.54) is 22.3 Å². The van der Waals surface area contributed by atoms with Crippen molar-refractivity contribution in [2.45, 2.75) is 25.7 Å². The molecule has 4 aromatic rings. The fourth-order valence-electron chi connectivity index (χ4n) is 5.38. The first kappa shape index (κ1) is 22.5. The highest BCUT2D eigenvalue weighted by molar-refractivity contribution is 6.53. The quantitative estimate of drug-likeness (QED) is 0.285. The molecule has 4 aromatic carbocycles. The molecule has 3 aliphatic heterocycles. The zero-order chi connectivity index (χ0) is 25.7. The zero-order valence-corrected chi connectivity index (χ0v) is 21.4. The topological polar surface area (TPSA) is 49.4 Å². The second-order valence-electron chi connectivity index (χ2n) is 10.4. The molecule has 3 heterocycles. The van der Waals surface area contributed by atoms with Crippen molar-refractivity contribution in [3.05, 3.63) is 143 Å². The number of benzene rings is 4. The van der Waals surface area contributed by atoms with Crippen LogP contribution < -0.4 is 0 Å². The molecule has 0 atom stereocenters. The third kappa shape index (κ3) is 3.77. The van der Waals surface area contributed by atoms with Crippen LogP contribution in [0, 0.1) is 0 Å². The molecule has 0 unspecified atom stereocenters. The molecule has 8 bridgehead atoms. The summed E-state index contributed by atoms with van der Waals surface area (Å²) in [7, 11) is 0. The second-order valence-corrected chi connectivity index (χ2v) is 10.4. The van der Waals surface area contributed by atoms with Gasteiger partial charge in [0.2, 0.25) is 0 Å². The standard InChI is InChI=1S/C34H26N4/c1-34(2)27-18-10-17-26(21-27)25-16-9-11-22(19-25)20-28-29(23-12-5-3-6-13-23)36-32(35-28)33-37-30(31(34)38-33)24-14-7-4-8-15-24/h3-19,21H,20H2,1-2H3/b33-32+. The van der Waals surface area contributed by atoms with E-state index >= 15 is 0 Å². The van der Waals surface area contributed by atoms with Gasteiger partial charge < -0.3 is 0 Å². The molecule has 0 fully saturated rings. The minimum absolute atomic E-state index is 0.397. The number of aliphatic imine (C=N–C) groups is 4. The molecule has 0 aromatic heterocycles. The molecule has 0 saturated heterocycles. The van der Waals surface area contributed by atoms with Crippen LogP contribution in [0.1, 0.15) is 36.1 Å². The SMILES string of the molecule is CC1(C)C2=N/C(=C3\N=C(Cc4cccc(c4)-c4cccc1c4)C(c1ccccc1)=N3)N=C2c1ccccc1. The first-order valence-corrected chi connectivity index (χ1v) is 13.0. The number of rotatable bonds is 2. The fourth-order valence-corrected chi connectivity index (χ4v) is 5.38. The lowest BCUT2D eigenvalue weighted by atomic mass is 9.76. The Morgan fingerprint density at radius 3 is 1.84 bits per heavy atom. The summed E-state index contributed by atoms with van der Waals surface area (Å²) in [5.41, 5.74) is 10.1. The minimum Gasteiger partial charge on any atom is -0.228 e. The molecule has 0 aliphatic carbocycles. The predicted molar refractivity (Wildman–Crippen MR) is 156 cm³/mol. The lowest BCUT2D eigenvalue weighted by Gasteiger charge is -2.27. The van der Waals surface area contributed by atoms with Crippen LogP contribution in [0.25, 0.3) is 11.1 Å². The molecule has 38 heavy (non-hydrogen) atoms. The average molecular weight is 491 g/mol. The highest BCUT2D eigenvalue weighted by Crippen LogP contribution is 2.36. The van der Waals surface area contributed by atoms with Gasteiger partial charge in [0.15, 0.2) is 11.6 Å². The highest BCUT2D eigenvalue weighted by Gasteiger charge is 2.36. The first-order chi connectivity index (χ1) is 18.6. The van der Waals surface area contributed by atoms with Crippen LogP contribution in [0.5, 0.6) is 0 Å². The average Bonchev–Trinajstić information content (AvgIpc) is 3.59. The lowest BCUT2D eigenvalue weighted by Crippen LogP contribution is -2.34. The van der Waals surface area contributed by atoms with Gasteiger partial charge in [0, 0.05) is 23.0 Å². The van der Waals surface area contributed by atoms with Crippen LogP contribution >= 0.6 is 0 Å². The number of nitrogens with zero attached hydrogens (tertiary/aromatic N) is 4. The molecule has 4 nitrogen and oxygen atoms in total. The van der Waals surface area contributed by atoms with Crippen molar-refractivity contribution in [1.29, 1.82) is 0 Å². The maximum absolute atomic E-state index is 5.15. The Bertz CT molecular complexity index is 1740. The summed E-state index contributed by atoms with van der Waals surface area (Å²) in [6.45, 7) is 4.45. The van der Waals surface area contributed by atoms with Crippen LogP contribution in [-0.2, 0) is 11.8 Å². The zero-order valence-electron chi connectivity index (χ0n) is 21.4. The van der Waals surface area contributed by atoms with E-state index in [9.17, 15) is 0 Å². The van der Waals surface area contributed by atoms with Crippen molar-refractivity contribution in [3.63, 3.8) is 0 Å². The molecule has 0 saturated carbocycles. The van der Waals surface area contributed by atoms with Crippen LogP contribution in [0.3, 0.4) is 0 Å². The van der Waals surface area contributed by atoms with Gasteiger partial charge in [0.1, 0.15) is 0 Å².